The largest absolute Gasteiger partial charge is 0.379 e. The van der Waals surface area contributed by atoms with Crippen LogP contribution in [-0.4, -0.2) is 82.8 Å². The van der Waals surface area contributed by atoms with Crippen LogP contribution in [0.4, 0.5) is 5.82 Å². The van der Waals surface area contributed by atoms with Gasteiger partial charge in [-0.2, -0.15) is 9.61 Å². The summed E-state index contributed by atoms with van der Waals surface area (Å²) in [5, 5.41) is 11.7. The number of aromatic nitrogens is 5. The van der Waals surface area contributed by atoms with Crippen molar-refractivity contribution in [1.82, 2.24) is 29.5 Å². The molecule has 0 bridgehead atoms. The summed E-state index contributed by atoms with van der Waals surface area (Å²) >= 11 is 0. The van der Waals surface area contributed by atoms with Gasteiger partial charge in [-0.1, -0.05) is 0 Å². The minimum absolute atomic E-state index is 0.00310. The quantitative estimate of drug-likeness (QED) is 0.394. The van der Waals surface area contributed by atoms with Crippen LogP contribution < -0.4 is 10.6 Å². The molecule has 1 saturated carbocycles. The van der Waals surface area contributed by atoms with E-state index >= 15 is 0 Å². The van der Waals surface area contributed by atoms with Gasteiger partial charge in [0.25, 0.3) is 5.91 Å². The number of pyridine rings is 1. The lowest BCUT2D eigenvalue weighted by molar-refractivity contribution is -0.0592. The summed E-state index contributed by atoms with van der Waals surface area (Å²) in [4.78, 5) is 22.9. The summed E-state index contributed by atoms with van der Waals surface area (Å²) in [5.41, 5.74) is 3.42. The molecule has 1 unspecified atom stereocenters. The molecule has 1 saturated heterocycles. The van der Waals surface area contributed by atoms with Crippen LogP contribution in [0.2, 0.25) is 0 Å². The number of ether oxygens (including phenoxy) is 3. The molecule has 5 heterocycles. The van der Waals surface area contributed by atoms with Crippen LogP contribution in [0.3, 0.4) is 0 Å². The Hall–Kier alpha value is -3.54. The molecule has 2 aliphatic rings. The Kier molecular flexibility index (Phi) is 6.27. The summed E-state index contributed by atoms with van der Waals surface area (Å²) in [6.07, 6.45) is 8.08. The fourth-order valence-corrected chi connectivity index (χ4v) is 5.39. The van der Waals surface area contributed by atoms with Crippen molar-refractivity contribution in [1.29, 1.82) is 0 Å². The number of carbonyl (C=O) groups excluding carboxylic acids is 1. The van der Waals surface area contributed by atoms with E-state index in [4.69, 9.17) is 24.2 Å². The van der Waals surface area contributed by atoms with Crippen molar-refractivity contribution in [2.75, 3.05) is 39.8 Å². The average molecular weight is 506 g/mol. The van der Waals surface area contributed by atoms with E-state index < -0.39 is 0 Å². The Morgan fingerprint density at radius 1 is 1.16 bits per heavy atom. The van der Waals surface area contributed by atoms with E-state index in [2.05, 4.69) is 26.5 Å². The molecule has 11 heteroatoms. The molecule has 1 aliphatic heterocycles. The van der Waals surface area contributed by atoms with Crippen molar-refractivity contribution in [2.45, 2.75) is 43.6 Å². The Morgan fingerprint density at radius 3 is 2.78 bits per heavy atom. The van der Waals surface area contributed by atoms with E-state index in [1.54, 1.807) is 31.1 Å². The highest BCUT2D eigenvalue weighted by Gasteiger charge is 2.33. The molecule has 11 nitrogen and oxygen atoms in total. The minimum Gasteiger partial charge on any atom is -0.379 e. The standard InChI is InChI=1S/C26H31N7O4/c1-27-23-11-19(30-25-16(12-29-33(23)25)26(34)31-18-6-7-21(18)35-2)17-13-32(24-15(17)5-4-9-28-24)20-8-10-37-14-22(20)36-3/h4-5,9,11-13,18,20-22,27H,6-8,10,14H2,1-3H3,(H,31,34)/t18?,20-,21-,22+/m1/s1. The second-order valence-corrected chi connectivity index (χ2v) is 9.53. The molecule has 1 aliphatic carbocycles. The number of fused-ring (bicyclic) bond motifs is 2. The normalized spacial score (nSPS) is 23.8. The molecule has 4 atom stereocenters. The number of hydrogen-bond donors (Lipinski definition) is 2. The molecule has 4 aromatic heterocycles. The predicted molar refractivity (Wildman–Crippen MR) is 138 cm³/mol. The van der Waals surface area contributed by atoms with Crippen molar-refractivity contribution in [3.63, 3.8) is 0 Å². The van der Waals surface area contributed by atoms with E-state index in [1.165, 1.54) is 0 Å². The zero-order valence-corrected chi connectivity index (χ0v) is 21.2. The zero-order chi connectivity index (χ0) is 25.5. The SMILES string of the molecule is CNc1cc(-c2cn([C@@H]3CCOC[C@@H]3OC)c3ncccc23)nc2c(C(=O)NC3CC[C@H]3OC)cnn12. The number of methoxy groups -OCH3 is 2. The van der Waals surface area contributed by atoms with Crippen molar-refractivity contribution in [3.8, 4) is 11.3 Å². The molecule has 0 spiro atoms. The number of anilines is 1. The van der Waals surface area contributed by atoms with Gasteiger partial charge in [-0.3, -0.25) is 4.79 Å². The van der Waals surface area contributed by atoms with Gasteiger partial charge in [0.2, 0.25) is 0 Å². The molecular formula is C26H31N7O4. The highest BCUT2D eigenvalue weighted by Crippen LogP contribution is 2.35. The van der Waals surface area contributed by atoms with Gasteiger partial charge in [0.05, 0.1) is 36.7 Å². The lowest BCUT2D eigenvalue weighted by Crippen LogP contribution is -2.51. The Morgan fingerprint density at radius 2 is 2.03 bits per heavy atom. The van der Waals surface area contributed by atoms with Gasteiger partial charge >= 0.3 is 0 Å². The first-order valence-electron chi connectivity index (χ1n) is 12.6. The fraction of sp³-hybridized carbons (Fsp3) is 0.462. The van der Waals surface area contributed by atoms with Crippen LogP contribution in [0.5, 0.6) is 0 Å². The van der Waals surface area contributed by atoms with Crippen molar-refractivity contribution in [3.05, 3.63) is 42.4 Å². The number of rotatable bonds is 7. The summed E-state index contributed by atoms with van der Waals surface area (Å²) in [7, 11) is 5.21. The molecule has 4 aromatic rings. The first-order chi connectivity index (χ1) is 18.1. The third-order valence-electron chi connectivity index (χ3n) is 7.60. The van der Waals surface area contributed by atoms with Gasteiger partial charge in [0.1, 0.15) is 23.1 Å². The Bertz CT molecular complexity index is 1450. The molecule has 2 fully saturated rings. The second-order valence-electron chi connectivity index (χ2n) is 9.53. The lowest BCUT2D eigenvalue weighted by Gasteiger charge is -2.35. The minimum atomic E-state index is -0.206. The van der Waals surface area contributed by atoms with Gasteiger partial charge in [-0.05, 0) is 31.4 Å². The summed E-state index contributed by atoms with van der Waals surface area (Å²) in [5.74, 6) is 0.519. The van der Waals surface area contributed by atoms with Gasteiger partial charge in [0, 0.05) is 57.3 Å². The van der Waals surface area contributed by atoms with Crippen LogP contribution in [0, 0.1) is 0 Å². The highest BCUT2D eigenvalue weighted by atomic mass is 16.5. The number of amides is 1. The Labute approximate surface area is 214 Å². The third-order valence-corrected chi connectivity index (χ3v) is 7.60. The first kappa shape index (κ1) is 23.8. The van der Waals surface area contributed by atoms with E-state index in [1.807, 2.05) is 25.2 Å². The van der Waals surface area contributed by atoms with Crippen LogP contribution in [0.15, 0.2) is 36.8 Å². The maximum atomic E-state index is 13.2. The summed E-state index contributed by atoms with van der Waals surface area (Å²) in [6, 6.07) is 6.00. The molecular weight excluding hydrogens is 474 g/mol. The van der Waals surface area contributed by atoms with Gasteiger partial charge < -0.3 is 29.4 Å². The zero-order valence-electron chi connectivity index (χ0n) is 21.2. The smallest absolute Gasteiger partial charge is 0.257 e. The maximum absolute atomic E-state index is 13.2. The van der Waals surface area contributed by atoms with E-state index in [0.29, 0.717) is 24.4 Å². The fourth-order valence-electron chi connectivity index (χ4n) is 5.39. The van der Waals surface area contributed by atoms with Crippen molar-refractivity contribution >= 4 is 28.4 Å². The number of nitrogens with one attached hydrogen (secondary N) is 2. The number of hydrogen-bond acceptors (Lipinski definition) is 8. The molecule has 194 valence electrons. The van der Waals surface area contributed by atoms with Crippen molar-refractivity contribution in [2.24, 2.45) is 0 Å². The van der Waals surface area contributed by atoms with Crippen LogP contribution >= 0.6 is 0 Å². The lowest BCUT2D eigenvalue weighted by atomic mass is 9.89. The van der Waals surface area contributed by atoms with E-state index in [9.17, 15) is 4.79 Å². The topological polar surface area (TPSA) is 117 Å². The molecule has 6 rings (SSSR count). The molecule has 37 heavy (non-hydrogen) atoms. The van der Waals surface area contributed by atoms with Crippen LogP contribution in [-0.2, 0) is 14.2 Å². The average Bonchev–Trinajstić information content (AvgIpc) is 3.53. The van der Waals surface area contributed by atoms with E-state index in [-0.39, 0.29) is 30.2 Å². The van der Waals surface area contributed by atoms with E-state index in [0.717, 1.165) is 47.4 Å². The monoisotopic (exact) mass is 505 g/mol. The Balaban J connectivity index is 1.45. The maximum Gasteiger partial charge on any atom is 0.257 e. The molecule has 0 radical (unpaired) electrons. The molecule has 2 N–H and O–H groups in total. The van der Waals surface area contributed by atoms with Gasteiger partial charge in [-0.25, -0.2) is 9.97 Å². The van der Waals surface area contributed by atoms with Crippen molar-refractivity contribution < 1.29 is 19.0 Å². The molecule has 0 aromatic carbocycles. The van der Waals surface area contributed by atoms with Gasteiger partial charge in [-0.15, -0.1) is 0 Å². The second kappa shape index (κ2) is 9.73. The van der Waals surface area contributed by atoms with Gasteiger partial charge in [0.15, 0.2) is 5.65 Å². The highest BCUT2D eigenvalue weighted by molar-refractivity contribution is 6.01. The third kappa shape index (κ3) is 4.03. The number of carbonyl (C=O) groups is 1. The number of nitrogens with zero attached hydrogens (tertiary/aromatic N) is 5. The molecule has 1 amide bonds. The summed E-state index contributed by atoms with van der Waals surface area (Å²) < 4.78 is 20.7. The predicted octanol–water partition coefficient (Wildman–Crippen LogP) is 2.67. The van der Waals surface area contributed by atoms with Crippen LogP contribution in [0.1, 0.15) is 35.7 Å². The first-order valence-corrected chi connectivity index (χ1v) is 12.6. The van der Waals surface area contributed by atoms with Crippen LogP contribution in [0.25, 0.3) is 27.9 Å². The summed E-state index contributed by atoms with van der Waals surface area (Å²) in [6.45, 7) is 1.20.